The van der Waals surface area contributed by atoms with E-state index in [1.54, 1.807) is 26.8 Å². The zero-order valence-corrected chi connectivity index (χ0v) is 16.1. The van der Waals surface area contributed by atoms with Crippen LogP contribution in [0.4, 0.5) is 0 Å². The minimum atomic E-state index is -0.981. The standard InChI is InChI=1S/C19H24ClN3O3/c1-13(2)22-11-17(25)23(10-15-4-6-16(20)7-5-15)19(18(22)26)8-9-21(12-19)14(3)24/h4-7,13H,8-12H2,1-3H3. The molecule has 1 spiro atoms. The van der Waals surface area contributed by atoms with Crippen LogP contribution in [0, 0.1) is 0 Å². The summed E-state index contributed by atoms with van der Waals surface area (Å²) >= 11 is 5.95. The molecule has 1 aromatic rings. The van der Waals surface area contributed by atoms with Gasteiger partial charge in [0.25, 0.3) is 5.91 Å². The van der Waals surface area contributed by atoms with Crippen LogP contribution in [0.3, 0.4) is 0 Å². The third-order valence-electron chi connectivity index (χ3n) is 5.35. The third kappa shape index (κ3) is 3.18. The lowest BCUT2D eigenvalue weighted by molar-refractivity contribution is -0.167. The molecule has 1 atom stereocenters. The van der Waals surface area contributed by atoms with Crippen LogP contribution in [-0.4, -0.2) is 63.6 Å². The fourth-order valence-corrected chi connectivity index (χ4v) is 3.94. The van der Waals surface area contributed by atoms with Gasteiger partial charge in [0, 0.05) is 31.1 Å². The first-order valence-electron chi connectivity index (χ1n) is 8.86. The van der Waals surface area contributed by atoms with Gasteiger partial charge in [0.1, 0.15) is 12.1 Å². The summed E-state index contributed by atoms with van der Waals surface area (Å²) in [5.41, 5.74) is -0.0699. The number of piperazine rings is 1. The Morgan fingerprint density at radius 3 is 2.42 bits per heavy atom. The Balaban J connectivity index is 1.97. The number of nitrogens with zero attached hydrogens (tertiary/aromatic N) is 3. The van der Waals surface area contributed by atoms with Gasteiger partial charge >= 0.3 is 0 Å². The zero-order chi connectivity index (χ0) is 19.1. The van der Waals surface area contributed by atoms with E-state index < -0.39 is 5.54 Å². The number of halogens is 1. The van der Waals surface area contributed by atoms with Gasteiger partial charge in [-0.15, -0.1) is 0 Å². The van der Waals surface area contributed by atoms with Crippen molar-refractivity contribution in [2.75, 3.05) is 19.6 Å². The Bertz CT molecular complexity index is 734. The van der Waals surface area contributed by atoms with E-state index in [4.69, 9.17) is 11.6 Å². The van der Waals surface area contributed by atoms with Crippen LogP contribution >= 0.6 is 11.6 Å². The van der Waals surface area contributed by atoms with Gasteiger partial charge in [-0.3, -0.25) is 14.4 Å². The van der Waals surface area contributed by atoms with Gasteiger partial charge < -0.3 is 14.7 Å². The maximum Gasteiger partial charge on any atom is 0.251 e. The van der Waals surface area contributed by atoms with Crippen molar-refractivity contribution >= 4 is 29.3 Å². The van der Waals surface area contributed by atoms with Gasteiger partial charge in [-0.25, -0.2) is 0 Å². The molecular weight excluding hydrogens is 354 g/mol. The van der Waals surface area contributed by atoms with Crippen LogP contribution in [0.15, 0.2) is 24.3 Å². The van der Waals surface area contributed by atoms with Crippen LogP contribution in [0.2, 0.25) is 5.02 Å². The molecule has 0 saturated carbocycles. The number of carbonyl (C=O) groups is 3. The second kappa shape index (κ2) is 6.91. The van der Waals surface area contributed by atoms with Crippen molar-refractivity contribution in [3.63, 3.8) is 0 Å². The first kappa shape index (κ1) is 18.7. The van der Waals surface area contributed by atoms with Gasteiger partial charge in [-0.2, -0.15) is 0 Å². The van der Waals surface area contributed by atoms with E-state index in [1.807, 2.05) is 26.0 Å². The summed E-state index contributed by atoms with van der Waals surface area (Å²) in [7, 11) is 0. The number of benzene rings is 1. The summed E-state index contributed by atoms with van der Waals surface area (Å²) in [6.45, 7) is 6.46. The average Bonchev–Trinajstić information content (AvgIpc) is 3.03. The van der Waals surface area contributed by atoms with E-state index in [0.29, 0.717) is 24.5 Å². The Hall–Kier alpha value is -2.08. The summed E-state index contributed by atoms with van der Waals surface area (Å²) in [5, 5.41) is 0.624. The summed E-state index contributed by atoms with van der Waals surface area (Å²) in [6.07, 6.45) is 0.466. The molecule has 0 aliphatic carbocycles. The highest BCUT2D eigenvalue weighted by Crippen LogP contribution is 2.35. The molecule has 3 amide bonds. The number of likely N-dealkylation sites (tertiary alicyclic amines) is 1. The Morgan fingerprint density at radius 2 is 1.88 bits per heavy atom. The van der Waals surface area contributed by atoms with E-state index in [1.165, 1.54) is 6.92 Å². The fraction of sp³-hybridized carbons (Fsp3) is 0.526. The highest BCUT2D eigenvalue weighted by molar-refractivity contribution is 6.30. The first-order valence-corrected chi connectivity index (χ1v) is 9.24. The zero-order valence-electron chi connectivity index (χ0n) is 15.4. The summed E-state index contributed by atoms with van der Waals surface area (Å²) < 4.78 is 0. The van der Waals surface area contributed by atoms with Crippen LogP contribution in [0.25, 0.3) is 0 Å². The van der Waals surface area contributed by atoms with Crippen LogP contribution in [-0.2, 0) is 20.9 Å². The molecule has 26 heavy (non-hydrogen) atoms. The maximum atomic E-state index is 13.3. The predicted molar refractivity (Wildman–Crippen MR) is 98.5 cm³/mol. The van der Waals surface area contributed by atoms with Gasteiger partial charge in [0.05, 0.1) is 6.54 Å². The molecule has 1 aromatic carbocycles. The lowest BCUT2D eigenvalue weighted by Gasteiger charge is -2.48. The molecule has 7 heteroatoms. The Morgan fingerprint density at radius 1 is 1.23 bits per heavy atom. The maximum absolute atomic E-state index is 13.3. The minimum Gasteiger partial charge on any atom is -0.340 e. The van der Waals surface area contributed by atoms with Crippen molar-refractivity contribution in [3.8, 4) is 0 Å². The van der Waals surface area contributed by atoms with Crippen molar-refractivity contribution in [2.45, 2.75) is 45.3 Å². The topological polar surface area (TPSA) is 60.9 Å². The molecule has 2 saturated heterocycles. The quantitative estimate of drug-likeness (QED) is 0.808. The summed E-state index contributed by atoms with van der Waals surface area (Å²) in [5.74, 6) is -0.223. The number of rotatable bonds is 3. The summed E-state index contributed by atoms with van der Waals surface area (Å²) in [4.78, 5) is 43.1. The summed E-state index contributed by atoms with van der Waals surface area (Å²) in [6, 6.07) is 7.21. The Labute approximate surface area is 158 Å². The van der Waals surface area contributed by atoms with E-state index in [-0.39, 0.29) is 36.9 Å². The molecule has 2 heterocycles. The SMILES string of the molecule is CC(=O)N1CCC2(C1)C(=O)N(C(C)C)CC(=O)N2Cc1ccc(Cl)cc1. The average molecular weight is 378 g/mol. The lowest BCUT2D eigenvalue weighted by Crippen LogP contribution is -2.69. The van der Waals surface area contributed by atoms with E-state index in [2.05, 4.69) is 0 Å². The lowest BCUT2D eigenvalue weighted by atomic mass is 9.89. The largest absolute Gasteiger partial charge is 0.340 e. The second-order valence-corrected chi connectivity index (χ2v) is 7.79. The molecule has 2 aliphatic rings. The molecule has 0 bridgehead atoms. The van der Waals surface area contributed by atoms with Crippen LogP contribution in [0.1, 0.15) is 32.8 Å². The number of hydrogen-bond acceptors (Lipinski definition) is 3. The fourth-order valence-electron chi connectivity index (χ4n) is 3.81. The minimum absolute atomic E-state index is 0.0626. The van der Waals surface area contributed by atoms with E-state index in [0.717, 1.165) is 5.56 Å². The predicted octanol–water partition coefficient (Wildman–Crippen LogP) is 1.91. The molecular formula is C19H24ClN3O3. The monoisotopic (exact) mass is 377 g/mol. The molecule has 2 aliphatic heterocycles. The molecule has 2 fully saturated rings. The number of carbonyl (C=O) groups excluding carboxylic acids is 3. The van der Waals surface area contributed by atoms with Gasteiger partial charge in [-0.05, 0) is 38.0 Å². The third-order valence-corrected chi connectivity index (χ3v) is 5.60. The van der Waals surface area contributed by atoms with E-state index in [9.17, 15) is 14.4 Å². The highest BCUT2D eigenvalue weighted by Gasteiger charge is 2.56. The smallest absolute Gasteiger partial charge is 0.251 e. The van der Waals surface area contributed by atoms with Gasteiger partial charge in [0.2, 0.25) is 11.8 Å². The number of amides is 3. The molecule has 0 radical (unpaired) electrons. The highest BCUT2D eigenvalue weighted by atomic mass is 35.5. The van der Waals surface area contributed by atoms with Crippen molar-refractivity contribution in [2.24, 2.45) is 0 Å². The number of hydrogen-bond donors (Lipinski definition) is 0. The Kier molecular flexibility index (Phi) is 4.97. The van der Waals surface area contributed by atoms with Gasteiger partial charge in [-0.1, -0.05) is 23.7 Å². The molecule has 0 aromatic heterocycles. The molecule has 3 rings (SSSR count). The second-order valence-electron chi connectivity index (χ2n) is 7.36. The molecule has 6 nitrogen and oxygen atoms in total. The van der Waals surface area contributed by atoms with Crippen molar-refractivity contribution in [3.05, 3.63) is 34.9 Å². The van der Waals surface area contributed by atoms with Crippen molar-refractivity contribution < 1.29 is 14.4 Å². The molecule has 0 N–H and O–H groups in total. The van der Waals surface area contributed by atoms with Crippen molar-refractivity contribution in [1.29, 1.82) is 0 Å². The molecule has 1 unspecified atom stereocenters. The first-order chi connectivity index (χ1) is 12.2. The van der Waals surface area contributed by atoms with Crippen LogP contribution in [0.5, 0.6) is 0 Å². The van der Waals surface area contributed by atoms with E-state index >= 15 is 0 Å². The van der Waals surface area contributed by atoms with Crippen molar-refractivity contribution in [1.82, 2.24) is 14.7 Å². The van der Waals surface area contributed by atoms with Crippen LogP contribution < -0.4 is 0 Å². The normalized spacial score (nSPS) is 23.5. The molecule has 140 valence electrons. The van der Waals surface area contributed by atoms with Gasteiger partial charge in [0.15, 0.2) is 0 Å².